The molecule has 4 rings (SSSR count). The molecule has 0 bridgehead atoms. The van der Waals surface area contributed by atoms with Crippen LogP contribution in [-0.4, -0.2) is 37.3 Å². The topological polar surface area (TPSA) is 117 Å². The lowest BCUT2D eigenvalue weighted by Gasteiger charge is -2.24. The predicted octanol–water partition coefficient (Wildman–Crippen LogP) is 0.497. The van der Waals surface area contributed by atoms with Crippen molar-refractivity contribution in [1.29, 1.82) is 0 Å². The van der Waals surface area contributed by atoms with Crippen molar-refractivity contribution in [2.45, 2.75) is 39.4 Å². The third kappa shape index (κ3) is 3.43. The number of benzene rings is 1. The zero-order chi connectivity index (χ0) is 20.5. The number of amides is 2. The van der Waals surface area contributed by atoms with Crippen molar-refractivity contribution in [3.63, 3.8) is 0 Å². The summed E-state index contributed by atoms with van der Waals surface area (Å²) in [5, 5.41) is 7.14. The van der Waals surface area contributed by atoms with Gasteiger partial charge in [0.15, 0.2) is 0 Å². The molecule has 1 aliphatic rings. The zero-order valence-corrected chi connectivity index (χ0v) is 16.3. The zero-order valence-electron chi connectivity index (χ0n) is 16.3. The van der Waals surface area contributed by atoms with E-state index >= 15 is 0 Å². The number of primary amides is 1. The summed E-state index contributed by atoms with van der Waals surface area (Å²) in [6.45, 7) is 3.60. The molecular weight excluding hydrogens is 372 g/mol. The number of aromatic nitrogens is 4. The van der Waals surface area contributed by atoms with E-state index in [1.54, 1.807) is 9.25 Å². The molecular formula is C20H24N6O3. The summed E-state index contributed by atoms with van der Waals surface area (Å²) in [7, 11) is 0. The third-order valence-electron chi connectivity index (χ3n) is 5.58. The Bertz CT molecular complexity index is 1140. The number of carbonyl (C=O) groups excluding carboxylic acids is 2. The van der Waals surface area contributed by atoms with Gasteiger partial charge in [0.25, 0.3) is 5.91 Å². The first-order chi connectivity index (χ1) is 14.0. The molecule has 0 saturated carbocycles. The van der Waals surface area contributed by atoms with Crippen molar-refractivity contribution in [2.24, 2.45) is 11.7 Å². The highest BCUT2D eigenvalue weighted by Gasteiger charge is 2.25. The van der Waals surface area contributed by atoms with Gasteiger partial charge in [0.1, 0.15) is 6.54 Å². The molecule has 9 nitrogen and oxygen atoms in total. The number of fused-ring (bicyclic) bond motifs is 2. The van der Waals surface area contributed by atoms with E-state index in [0.29, 0.717) is 31.6 Å². The summed E-state index contributed by atoms with van der Waals surface area (Å²) >= 11 is 0. The van der Waals surface area contributed by atoms with Crippen LogP contribution in [0, 0.1) is 5.92 Å². The molecule has 0 saturated heterocycles. The van der Waals surface area contributed by atoms with Gasteiger partial charge in [-0.3, -0.25) is 23.4 Å². The Morgan fingerprint density at radius 2 is 1.97 bits per heavy atom. The summed E-state index contributed by atoms with van der Waals surface area (Å²) < 4.78 is 4.98. The predicted molar refractivity (Wildman–Crippen MR) is 107 cm³/mol. The quantitative estimate of drug-likeness (QED) is 0.631. The van der Waals surface area contributed by atoms with Crippen molar-refractivity contribution in [3.8, 4) is 0 Å². The van der Waals surface area contributed by atoms with Crippen LogP contribution in [-0.2, 0) is 30.8 Å². The molecule has 29 heavy (non-hydrogen) atoms. The summed E-state index contributed by atoms with van der Waals surface area (Å²) in [4.78, 5) is 36.8. The minimum Gasteiger partial charge on any atom is -0.365 e. The first kappa shape index (κ1) is 19.0. The minimum atomic E-state index is -0.484. The van der Waals surface area contributed by atoms with Crippen molar-refractivity contribution in [3.05, 3.63) is 52.2 Å². The van der Waals surface area contributed by atoms with E-state index in [1.807, 2.05) is 31.2 Å². The standard InChI is InChI=1S/C20H24N6O3/c1-2-24-15-5-3-4-6-16(15)25(20(24)29)12-18(27)22-10-13-7-8-26-17(9-13)14(11-23-26)19(21)28/h3-6,11,13H,2,7-10,12H2,1H3,(H2,21,28)(H,22,27)/t13-/m0/s1. The van der Waals surface area contributed by atoms with Gasteiger partial charge >= 0.3 is 5.69 Å². The van der Waals surface area contributed by atoms with Crippen molar-refractivity contribution < 1.29 is 9.59 Å². The molecule has 0 unspecified atom stereocenters. The van der Waals surface area contributed by atoms with Gasteiger partial charge in [-0.15, -0.1) is 0 Å². The van der Waals surface area contributed by atoms with E-state index in [4.69, 9.17) is 5.73 Å². The number of rotatable bonds is 6. The Kier molecular flexibility index (Phi) is 4.96. The van der Waals surface area contributed by atoms with Crippen LogP contribution in [0.15, 0.2) is 35.3 Å². The Labute approximate surface area is 167 Å². The summed E-state index contributed by atoms with van der Waals surface area (Å²) in [5.41, 5.74) is 8.08. The molecule has 0 aliphatic carbocycles. The Morgan fingerprint density at radius 1 is 1.24 bits per heavy atom. The number of carbonyl (C=O) groups is 2. The van der Waals surface area contributed by atoms with Crippen LogP contribution in [0.2, 0.25) is 0 Å². The molecule has 1 atom stereocenters. The van der Waals surface area contributed by atoms with Gasteiger partial charge in [-0.2, -0.15) is 5.10 Å². The molecule has 3 N–H and O–H groups in total. The fraction of sp³-hybridized carbons (Fsp3) is 0.400. The third-order valence-corrected chi connectivity index (χ3v) is 5.58. The SMILES string of the molecule is CCn1c(=O)n(CC(=O)NC[C@H]2CCn3ncc(C(N)=O)c3C2)c2ccccc21. The fourth-order valence-corrected chi connectivity index (χ4v) is 4.07. The number of aryl methyl sites for hydroxylation is 2. The first-order valence-electron chi connectivity index (χ1n) is 9.78. The van der Waals surface area contributed by atoms with Crippen LogP contribution >= 0.6 is 0 Å². The first-order valence-corrected chi connectivity index (χ1v) is 9.78. The lowest BCUT2D eigenvalue weighted by molar-refractivity contribution is -0.121. The van der Waals surface area contributed by atoms with Gasteiger partial charge < -0.3 is 11.1 Å². The average molecular weight is 396 g/mol. The number of hydrogen-bond acceptors (Lipinski definition) is 4. The van der Waals surface area contributed by atoms with E-state index in [2.05, 4.69) is 10.4 Å². The lowest BCUT2D eigenvalue weighted by atomic mass is 9.94. The highest BCUT2D eigenvalue weighted by molar-refractivity contribution is 5.93. The summed E-state index contributed by atoms with van der Waals surface area (Å²) in [6.07, 6.45) is 2.99. The molecule has 0 radical (unpaired) electrons. The highest BCUT2D eigenvalue weighted by atomic mass is 16.2. The van der Waals surface area contributed by atoms with E-state index in [9.17, 15) is 14.4 Å². The van der Waals surface area contributed by atoms with E-state index in [-0.39, 0.29) is 24.1 Å². The number of imidazole rings is 1. The molecule has 1 aromatic carbocycles. The summed E-state index contributed by atoms with van der Waals surface area (Å²) in [6, 6.07) is 7.48. The largest absolute Gasteiger partial charge is 0.365 e. The van der Waals surface area contributed by atoms with Crippen molar-refractivity contribution in [1.82, 2.24) is 24.2 Å². The molecule has 3 aromatic rings. The number of para-hydroxylation sites is 2. The van der Waals surface area contributed by atoms with Crippen LogP contribution in [0.25, 0.3) is 11.0 Å². The molecule has 1 aliphatic heterocycles. The van der Waals surface area contributed by atoms with Gasteiger partial charge in [-0.25, -0.2) is 4.79 Å². The minimum absolute atomic E-state index is 0.0243. The summed E-state index contributed by atoms with van der Waals surface area (Å²) in [5.74, 6) is -0.502. The molecule has 2 aromatic heterocycles. The molecule has 0 fully saturated rings. The molecule has 152 valence electrons. The Morgan fingerprint density at radius 3 is 2.66 bits per heavy atom. The smallest absolute Gasteiger partial charge is 0.329 e. The van der Waals surface area contributed by atoms with Crippen molar-refractivity contribution in [2.75, 3.05) is 6.54 Å². The second kappa shape index (κ2) is 7.57. The van der Waals surface area contributed by atoms with Crippen LogP contribution in [0.1, 0.15) is 29.4 Å². The molecule has 0 spiro atoms. The fourth-order valence-electron chi connectivity index (χ4n) is 4.07. The number of nitrogens with zero attached hydrogens (tertiary/aromatic N) is 4. The van der Waals surface area contributed by atoms with Gasteiger partial charge in [-0.1, -0.05) is 12.1 Å². The van der Waals surface area contributed by atoms with Gasteiger partial charge in [0.05, 0.1) is 28.5 Å². The second-order valence-electron chi connectivity index (χ2n) is 7.36. The van der Waals surface area contributed by atoms with Crippen LogP contribution in [0.3, 0.4) is 0 Å². The number of nitrogens with two attached hydrogens (primary N) is 1. The van der Waals surface area contributed by atoms with E-state index in [1.165, 1.54) is 10.8 Å². The highest BCUT2D eigenvalue weighted by Crippen LogP contribution is 2.22. The van der Waals surface area contributed by atoms with Gasteiger partial charge in [-0.05, 0) is 37.8 Å². The van der Waals surface area contributed by atoms with Crippen LogP contribution in [0.5, 0.6) is 0 Å². The lowest BCUT2D eigenvalue weighted by Crippen LogP contribution is -2.37. The van der Waals surface area contributed by atoms with Crippen LogP contribution in [0.4, 0.5) is 0 Å². The molecule has 2 amide bonds. The number of hydrogen-bond donors (Lipinski definition) is 2. The Hall–Kier alpha value is -3.36. The average Bonchev–Trinajstić information content (AvgIpc) is 3.25. The molecule has 9 heteroatoms. The second-order valence-corrected chi connectivity index (χ2v) is 7.36. The van der Waals surface area contributed by atoms with Gasteiger partial charge in [0.2, 0.25) is 5.91 Å². The number of nitrogens with one attached hydrogen (secondary N) is 1. The maximum atomic E-state index is 12.7. The van der Waals surface area contributed by atoms with Crippen LogP contribution < -0.4 is 16.7 Å². The van der Waals surface area contributed by atoms with E-state index in [0.717, 1.165) is 23.1 Å². The Balaban J connectivity index is 1.43. The van der Waals surface area contributed by atoms with Crippen molar-refractivity contribution >= 4 is 22.8 Å². The monoisotopic (exact) mass is 396 g/mol. The van der Waals surface area contributed by atoms with Gasteiger partial charge in [0, 0.05) is 19.6 Å². The maximum Gasteiger partial charge on any atom is 0.329 e. The van der Waals surface area contributed by atoms with E-state index < -0.39 is 5.91 Å². The maximum absolute atomic E-state index is 12.7. The normalized spacial score (nSPS) is 16.0. The molecule has 3 heterocycles.